The minimum absolute atomic E-state index is 0.0552. The second kappa shape index (κ2) is 10.4. The van der Waals surface area contributed by atoms with E-state index >= 15 is 0 Å². The average molecular weight is 594 g/mol. The van der Waals surface area contributed by atoms with Crippen LogP contribution >= 0.6 is 0 Å². The molecule has 0 saturated carbocycles. The van der Waals surface area contributed by atoms with Gasteiger partial charge in [0, 0.05) is 30.5 Å². The number of aliphatic hydroxyl groups is 1. The standard InChI is InChI=1S/C31H31NO11/c1-16(33)40-21(15-23(35)42-25(28(36)37)17-6-4-3-5-7-17)29(38)41-20-10-11-31(39)22-14-18-8-9-19(34)26-24(18)30(31,27(20)43-26)12-13-32(22)2/h3-10,21-22,25,27,34,39H,11-15H2,1-2H3,(H,36,37)/t21-,22-,25-,27+,30+,31-/m0/s1. The smallest absolute Gasteiger partial charge is 0.353 e. The predicted molar refractivity (Wildman–Crippen MR) is 146 cm³/mol. The molecule has 3 N–H and O–H groups in total. The van der Waals surface area contributed by atoms with Gasteiger partial charge in [-0.3, -0.25) is 9.59 Å². The van der Waals surface area contributed by atoms with E-state index in [1.807, 2.05) is 13.1 Å². The number of carbonyl (C=O) groups excluding carboxylic acids is 3. The molecule has 1 fully saturated rings. The van der Waals surface area contributed by atoms with Crippen molar-refractivity contribution in [1.82, 2.24) is 4.90 Å². The van der Waals surface area contributed by atoms with Gasteiger partial charge in [-0.15, -0.1) is 0 Å². The van der Waals surface area contributed by atoms with Crippen LogP contribution in [-0.4, -0.2) is 81.5 Å². The summed E-state index contributed by atoms with van der Waals surface area (Å²) < 4.78 is 22.2. The third-order valence-electron chi connectivity index (χ3n) is 9.07. The van der Waals surface area contributed by atoms with E-state index < -0.39 is 59.6 Å². The second-order valence-electron chi connectivity index (χ2n) is 11.4. The van der Waals surface area contributed by atoms with Crippen LogP contribution in [0.5, 0.6) is 11.5 Å². The highest BCUT2D eigenvalue weighted by molar-refractivity contribution is 5.86. The molecule has 0 unspecified atom stereocenters. The predicted octanol–water partition coefficient (Wildman–Crippen LogP) is 1.90. The fraction of sp³-hybridized carbons (Fsp3) is 0.419. The van der Waals surface area contributed by atoms with Gasteiger partial charge in [0.15, 0.2) is 17.6 Å². The summed E-state index contributed by atoms with van der Waals surface area (Å²) in [5.74, 6) is -4.31. The van der Waals surface area contributed by atoms with Crippen molar-refractivity contribution in [2.24, 2.45) is 0 Å². The van der Waals surface area contributed by atoms with Crippen LogP contribution < -0.4 is 4.74 Å². The summed E-state index contributed by atoms with van der Waals surface area (Å²) in [5.41, 5.74) is -0.466. The van der Waals surface area contributed by atoms with Crippen molar-refractivity contribution in [2.45, 2.75) is 68.0 Å². The zero-order valence-corrected chi connectivity index (χ0v) is 23.5. The largest absolute Gasteiger partial charge is 0.504 e. The summed E-state index contributed by atoms with van der Waals surface area (Å²) in [6.07, 6.45) is -2.50. The van der Waals surface area contributed by atoms with Crippen molar-refractivity contribution in [3.05, 3.63) is 71.0 Å². The zero-order chi connectivity index (χ0) is 30.7. The summed E-state index contributed by atoms with van der Waals surface area (Å²) in [4.78, 5) is 52.0. The summed E-state index contributed by atoms with van der Waals surface area (Å²) in [6.45, 7) is 1.67. The number of carboxylic acid groups (broad SMARTS) is 1. The van der Waals surface area contributed by atoms with E-state index in [1.165, 1.54) is 12.1 Å². The van der Waals surface area contributed by atoms with E-state index in [9.17, 15) is 34.5 Å². The first kappa shape index (κ1) is 28.7. The Morgan fingerprint density at radius 1 is 1.12 bits per heavy atom. The lowest BCUT2D eigenvalue weighted by atomic mass is 9.50. The lowest BCUT2D eigenvalue weighted by Gasteiger charge is -2.61. The van der Waals surface area contributed by atoms with Gasteiger partial charge in [-0.05, 0) is 44.1 Å². The molecule has 6 atom stereocenters. The zero-order valence-electron chi connectivity index (χ0n) is 23.5. The number of ether oxygens (including phenoxy) is 4. The minimum atomic E-state index is -1.75. The molecule has 43 heavy (non-hydrogen) atoms. The van der Waals surface area contributed by atoms with Crippen LogP contribution in [0.3, 0.4) is 0 Å². The Hall–Kier alpha value is -4.42. The number of carbonyl (C=O) groups is 4. The fourth-order valence-corrected chi connectivity index (χ4v) is 7.21. The molecule has 0 aromatic heterocycles. The van der Waals surface area contributed by atoms with E-state index in [4.69, 9.17) is 18.9 Å². The molecule has 2 aliphatic heterocycles. The third-order valence-corrected chi connectivity index (χ3v) is 9.07. The third kappa shape index (κ3) is 4.43. The van der Waals surface area contributed by atoms with Crippen molar-refractivity contribution >= 4 is 23.9 Å². The first-order valence-electron chi connectivity index (χ1n) is 14.0. The van der Waals surface area contributed by atoms with Crippen LogP contribution in [0.25, 0.3) is 0 Å². The molecular formula is C31H31NO11. The number of phenols is 1. The van der Waals surface area contributed by atoms with Crippen LogP contribution in [-0.2, 0) is 45.2 Å². The molecule has 12 nitrogen and oxygen atoms in total. The molecule has 1 saturated heterocycles. The Bertz CT molecular complexity index is 1540. The van der Waals surface area contributed by atoms with E-state index in [0.717, 1.165) is 12.5 Å². The fourth-order valence-electron chi connectivity index (χ4n) is 7.21. The van der Waals surface area contributed by atoms with E-state index in [2.05, 4.69) is 4.90 Å². The number of aromatic hydroxyl groups is 1. The van der Waals surface area contributed by atoms with Crippen LogP contribution in [0, 0.1) is 0 Å². The van der Waals surface area contributed by atoms with E-state index in [-0.39, 0.29) is 35.3 Å². The maximum Gasteiger partial charge on any atom is 0.353 e. The lowest BCUT2D eigenvalue weighted by Crippen LogP contribution is -2.74. The molecule has 2 aromatic rings. The van der Waals surface area contributed by atoms with Gasteiger partial charge >= 0.3 is 23.9 Å². The molecule has 2 aliphatic carbocycles. The second-order valence-corrected chi connectivity index (χ2v) is 11.4. The molecular weight excluding hydrogens is 562 g/mol. The summed E-state index contributed by atoms with van der Waals surface area (Å²) in [5, 5.41) is 32.5. The molecule has 6 rings (SSSR count). The Balaban J connectivity index is 1.26. The van der Waals surface area contributed by atoms with E-state index in [1.54, 1.807) is 30.3 Å². The van der Waals surface area contributed by atoms with Crippen molar-refractivity contribution in [3.63, 3.8) is 0 Å². The van der Waals surface area contributed by atoms with Crippen LogP contribution in [0.1, 0.15) is 49.0 Å². The Morgan fingerprint density at radius 2 is 1.86 bits per heavy atom. The number of likely N-dealkylation sites (tertiary alicyclic amines) is 1. The topological polar surface area (TPSA) is 169 Å². The summed E-state index contributed by atoms with van der Waals surface area (Å²) >= 11 is 0. The normalized spacial score (nSPS) is 27.9. The molecule has 1 spiro atoms. The number of esters is 3. The van der Waals surface area contributed by atoms with Crippen LogP contribution in [0.15, 0.2) is 54.3 Å². The molecule has 0 radical (unpaired) electrons. The number of piperidine rings is 1. The van der Waals surface area contributed by atoms with Crippen molar-refractivity contribution in [3.8, 4) is 11.5 Å². The van der Waals surface area contributed by atoms with Crippen molar-refractivity contribution in [1.29, 1.82) is 0 Å². The number of benzene rings is 2. The SMILES string of the molecule is CC(=O)O[C@@H](CC(=O)O[C@H](C(=O)O)c1ccccc1)C(=O)OC1=CC[C@]2(O)[C@@H]3Cc4ccc(O)c5c4[C@]2(CCN3C)[C@@H]1O5. The maximum atomic E-state index is 13.4. The van der Waals surface area contributed by atoms with E-state index in [0.29, 0.717) is 24.9 Å². The van der Waals surface area contributed by atoms with Crippen molar-refractivity contribution in [2.75, 3.05) is 13.6 Å². The quantitative estimate of drug-likeness (QED) is 0.301. The maximum absolute atomic E-state index is 13.4. The number of phenolic OH excluding ortho intramolecular Hbond substituents is 1. The van der Waals surface area contributed by atoms with Crippen LogP contribution in [0.2, 0.25) is 0 Å². The molecule has 2 bridgehead atoms. The van der Waals surface area contributed by atoms with Gasteiger partial charge in [-0.2, -0.15) is 0 Å². The molecule has 226 valence electrons. The van der Waals surface area contributed by atoms with Crippen molar-refractivity contribution < 1.29 is 53.4 Å². The number of nitrogens with zero attached hydrogens (tertiary/aromatic N) is 1. The number of carboxylic acids is 1. The summed E-state index contributed by atoms with van der Waals surface area (Å²) in [6, 6.07) is 10.9. The number of aliphatic carboxylic acids is 1. The van der Waals surface area contributed by atoms with Gasteiger partial charge in [0.25, 0.3) is 0 Å². The Labute approximate surface area is 246 Å². The monoisotopic (exact) mass is 593 g/mol. The average Bonchev–Trinajstić information content (AvgIpc) is 3.32. The molecule has 12 heteroatoms. The number of likely N-dealkylation sites (N-methyl/N-ethyl adjacent to an activating group) is 1. The Kier molecular flexibility index (Phi) is 6.93. The van der Waals surface area contributed by atoms with Gasteiger partial charge in [-0.25, -0.2) is 9.59 Å². The van der Waals surface area contributed by atoms with Gasteiger partial charge in [0.05, 0.1) is 17.4 Å². The molecule has 2 heterocycles. The number of hydrogen-bond donors (Lipinski definition) is 3. The number of rotatable bonds is 8. The lowest BCUT2D eigenvalue weighted by molar-refractivity contribution is -0.179. The molecule has 2 aromatic carbocycles. The molecule has 0 amide bonds. The first-order valence-corrected chi connectivity index (χ1v) is 14.0. The summed E-state index contributed by atoms with van der Waals surface area (Å²) in [7, 11) is 1.95. The minimum Gasteiger partial charge on any atom is -0.504 e. The molecule has 4 aliphatic rings. The highest BCUT2D eigenvalue weighted by atomic mass is 16.6. The first-order chi connectivity index (χ1) is 20.5. The van der Waals surface area contributed by atoms with Gasteiger partial charge < -0.3 is 39.2 Å². The highest BCUT2D eigenvalue weighted by Crippen LogP contribution is 2.65. The Morgan fingerprint density at radius 3 is 2.56 bits per heavy atom. The van der Waals surface area contributed by atoms with Gasteiger partial charge in [-0.1, -0.05) is 36.4 Å². The number of hydrogen-bond acceptors (Lipinski definition) is 11. The van der Waals surface area contributed by atoms with Gasteiger partial charge in [0.1, 0.15) is 5.76 Å². The van der Waals surface area contributed by atoms with Crippen LogP contribution in [0.4, 0.5) is 0 Å². The van der Waals surface area contributed by atoms with Gasteiger partial charge in [0.2, 0.25) is 12.2 Å². The highest BCUT2D eigenvalue weighted by Gasteiger charge is 2.72.